The molecule has 3 aromatic rings. The van der Waals surface area contributed by atoms with Crippen LogP contribution in [0.4, 0.5) is 0 Å². The second kappa shape index (κ2) is 8.27. The maximum atomic E-state index is 13.2. The van der Waals surface area contributed by atoms with Crippen molar-refractivity contribution >= 4 is 16.9 Å². The summed E-state index contributed by atoms with van der Waals surface area (Å²) in [5.74, 6) is 0.850. The number of nitrogens with zero attached hydrogens (tertiary/aromatic N) is 2. The lowest BCUT2D eigenvalue weighted by atomic mass is 9.73. The minimum absolute atomic E-state index is 0.162. The Morgan fingerprint density at radius 1 is 1.19 bits per heavy atom. The van der Waals surface area contributed by atoms with Gasteiger partial charge < -0.3 is 4.74 Å². The van der Waals surface area contributed by atoms with Gasteiger partial charge in [-0.2, -0.15) is 0 Å². The first-order valence-corrected chi connectivity index (χ1v) is 11.1. The number of carbonyl (C=O) groups excluding carboxylic acids is 1. The van der Waals surface area contributed by atoms with Gasteiger partial charge >= 0.3 is 5.97 Å². The molecule has 0 radical (unpaired) electrons. The van der Waals surface area contributed by atoms with E-state index in [2.05, 4.69) is 28.6 Å². The molecular formula is C27H28N2O2. The molecule has 0 aliphatic carbocycles. The number of esters is 1. The molecule has 4 heteroatoms. The van der Waals surface area contributed by atoms with Crippen molar-refractivity contribution in [1.29, 1.82) is 0 Å². The average Bonchev–Trinajstić information content (AvgIpc) is 2.82. The molecule has 31 heavy (non-hydrogen) atoms. The lowest BCUT2D eigenvalue weighted by molar-refractivity contribution is -0.0568. The molecule has 0 amide bonds. The Labute approximate surface area is 183 Å². The molecule has 5 atom stereocenters. The Hall–Kier alpha value is -2.98. The number of para-hydroxylation sites is 1. The SMILES string of the molecule is C=C[C@H]1CN2CC[C@H]1C[C@@H]2[C@@H](OC(=O)c1ccc(C)cc1)c1ccnc2ccccc12. The number of pyridine rings is 1. The van der Waals surface area contributed by atoms with Crippen LogP contribution < -0.4 is 0 Å². The lowest BCUT2D eigenvalue weighted by Crippen LogP contribution is -2.55. The average molecular weight is 413 g/mol. The predicted molar refractivity (Wildman–Crippen MR) is 123 cm³/mol. The summed E-state index contributed by atoms with van der Waals surface area (Å²) in [5, 5.41) is 1.05. The highest BCUT2D eigenvalue weighted by Gasteiger charge is 2.44. The topological polar surface area (TPSA) is 42.4 Å². The zero-order valence-electron chi connectivity index (χ0n) is 17.9. The number of ether oxygens (including phenoxy) is 1. The number of carbonyl (C=O) groups is 1. The summed E-state index contributed by atoms with van der Waals surface area (Å²) in [4.78, 5) is 20.2. The summed E-state index contributed by atoms with van der Waals surface area (Å²) in [6.07, 6.45) is 5.78. The number of hydrogen-bond acceptors (Lipinski definition) is 4. The van der Waals surface area contributed by atoms with E-state index in [0.717, 1.165) is 41.5 Å². The second-order valence-electron chi connectivity index (χ2n) is 8.86. The van der Waals surface area contributed by atoms with Gasteiger partial charge in [-0.05, 0) is 62.4 Å². The minimum atomic E-state index is -0.338. The van der Waals surface area contributed by atoms with E-state index in [-0.39, 0.29) is 18.1 Å². The molecule has 1 unspecified atom stereocenters. The number of rotatable bonds is 5. The van der Waals surface area contributed by atoms with Gasteiger partial charge in [-0.25, -0.2) is 4.79 Å². The molecule has 4 nitrogen and oxygen atoms in total. The summed E-state index contributed by atoms with van der Waals surface area (Å²) in [6.45, 7) is 8.09. The van der Waals surface area contributed by atoms with Gasteiger partial charge in [0.2, 0.25) is 0 Å². The van der Waals surface area contributed by atoms with Gasteiger partial charge in [0.1, 0.15) is 6.10 Å². The number of aromatic nitrogens is 1. The van der Waals surface area contributed by atoms with Crippen molar-refractivity contribution < 1.29 is 9.53 Å². The summed E-state index contributed by atoms with van der Waals surface area (Å²) in [5.41, 5.74) is 3.68. The number of piperidine rings is 3. The van der Waals surface area contributed by atoms with Crippen molar-refractivity contribution in [2.24, 2.45) is 11.8 Å². The number of fused-ring (bicyclic) bond motifs is 4. The quantitative estimate of drug-likeness (QED) is 0.419. The monoisotopic (exact) mass is 412 g/mol. The van der Waals surface area contributed by atoms with Gasteiger partial charge in [-0.3, -0.25) is 9.88 Å². The molecule has 0 N–H and O–H groups in total. The third kappa shape index (κ3) is 3.77. The fraction of sp³-hybridized carbons (Fsp3) is 0.333. The standard InChI is InChI=1S/C27H28N2O2/c1-3-19-17-29-15-13-21(19)16-25(29)26(31-27(30)20-10-8-18(2)9-11-20)23-12-14-28-24-7-5-4-6-22(23)24/h3-12,14,19,21,25-26H,1,13,15-17H2,2H3/t19-,21-,25+,26-/m0/s1. The molecule has 3 aliphatic heterocycles. The fourth-order valence-corrected chi connectivity index (χ4v) is 5.28. The van der Waals surface area contributed by atoms with Gasteiger partial charge in [-0.15, -0.1) is 6.58 Å². The van der Waals surface area contributed by atoms with Crippen LogP contribution in [0, 0.1) is 18.8 Å². The first kappa shape index (κ1) is 20.0. The number of hydrogen-bond donors (Lipinski definition) is 0. The van der Waals surface area contributed by atoms with Gasteiger partial charge in [0.05, 0.1) is 17.1 Å². The van der Waals surface area contributed by atoms with Crippen LogP contribution in [0.25, 0.3) is 10.9 Å². The molecular weight excluding hydrogens is 384 g/mol. The Kier molecular flexibility index (Phi) is 5.33. The van der Waals surface area contributed by atoms with Crippen LogP contribution in [0.1, 0.15) is 40.4 Å². The van der Waals surface area contributed by atoms with E-state index in [1.54, 1.807) is 0 Å². The molecule has 1 aromatic heterocycles. The number of benzene rings is 2. The molecule has 3 aliphatic rings. The van der Waals surface area contributed by atoms with Crippen molar-refractivity contribution in [1.82, 2.24) is 9.88 Å². The normalized spacial score (nSPS) is 25.8. The highest BCUT2D eigenvalue weighted by molar-refractivity contribution is 5.90. The number of aryl methyl sites for hydroxylation is 1. The van der Waals surface area contributed by atoms with Gasteiger partial charge in [0.25, 0.3) is 0 Å². The van der Waals surface area contributed by atoms with Crippen LogP contribution in [0.2, 0.25) is 0 Å². The summed E-state index contributed by atoms with van der Waals surface area (Å²) in [6, 6.07) is 17.9. The van der Waals surface area contributed by atoms with E-state index in [1.165, 1.54) is 6.42 Å². The Bertz CT molecular complexity index is 1100. The molecule has 0 saturated carbocycles. The molecule has 3 saturated heterocycles. The van der Waals surface area contributed by atoms with Crippen molar-refractivity contribution in [3.63, 3.8) is 0 Å². The van der Waals surface area contributed by atoms with Crippen molar-refractivity contribution in [3.05, 3.63) is 90.1 Å². The predicted octanol–water partition coefficient (Wildman–Crippen LogP) is 5.34. The highest BCUT2D eigenvalue weighted by Crippen LogP contribution is 2.43. The zero-order chi connectivity index (χ0) is 21.4. The van der Waals surface area contributed by atoms with Crippen molar-refractivity contribution in [2.75, 3.05) is 13.1 Å². The summed E-state index contributed by atoms with van der Waals surface area (Å²) in [7, 11) is 0. The lowest BCUT2D eigenvalue weighted by Gasteiger charge is -2.51. The van der Waals surface area contributed by atoms with Crippen LogP contribution in [0.3, 0.4) is 0 Å². The van der Waals surface area contributed by atoms with Crippen LogP contribution in [0.5, 0.6) is 0 Å². The molecule has 6 rings (SSSR count). The van der Waals surface area contributed by atoms with Gasteiger partial charge in [0.15, 0.2) is 0 Å². The molecule has 0 spiro atoms. The van der Waals surface area contributed by atoms with Crippen LogP contribution >= 0.6 is 0 Å². The van der Waals surface area contributed by atoms with E-state index in [9.17, 15) is 4.79 Å². The molecule has 2 aromatic carbocycles. The third-order valence-electron chi connectivity index (χ3n) is 7.01. The molecule has 2 bridgehead atoms. The fourth-order valence-electron chi connectivity index (χ4n) is 5.28. The summed E-state index contributed by atoms with van der Waals surface area (Å²) >= 11 is 0. The van der Waals surface area contributed by atoms with Crippen LogP contribution in [0.15, 0.2) is 73.4 Å². The second-order valence-corrected chi connectivity index (χ2v) is 8.86. The van der Waals surface area contributed by atoms with E-state index in [1.807, 2.05) is 61.7 Å². The smallest absolute Gasteiger partial charge is 0.338 e. The molecule has 4 heterocycles. The Morgan fingerprint density at radius 3 is 2.74 bits per heavy atom. The largest absolute Gasteiger partial charge is 0.452 e. The first-order valence-electron chi connectivity index (χ1n) is 11.1. The third-order valence-corrected chi connectivity index (χ3v) is 7.01. The summed E-state index contributed by atoms with van der Waals surface area (Å²) < 4.78 is 6.30. The maximum Gasteiger partial charge on any atom is 0.338 e. The van der Waals surface area contributed by atoms with Crippen molar-refractivity contribution in [3.8, 4) is 0 Å². The van der Waals surface area contributed by atoms with E-state index in [4.69, 9.17) is 4.74 Å². The van der Waals surface area contributed by atoms with E-state index >= 15 is 0 Å². The van der Waals surface area contributed by atoms with Gasteiger partial charge in [-0.1, -0.05) is 42.0 Å². The minimum Gasteiger partial charge on any atom is -0.452 e. The maximum absolute atomic E-state index is 13.2. The Balaban J connectivity index is 1.53. The van der Waals surface area contributed by atoms with Crippen molar-refractivity contribution in [2.45, 2.75) is 31.9 Å². The van der Waals surface area contributed by atoms with E-state index < -0.39 is 0 Å². The van der Waals surface area contributed by atoms with Gasteiger partial charge in [0, 0.05) is 23.7 Å². The highest BCUT2D eigenvalue weighted by atomic mass is 16.5. The zero-order valence-corrected chi connectivity index (χ0v) is 17.9. The van der Waals surface area contributed by atoms with E-state index in [0.29, 0.717) is 17.4 Å². The van der Waals surface area contributed by atoms with Crippen LogP contribution in [-0.2, 0) is 4.74 Å². The first-order chi connectivity index (χ1) is 15.1. The van der Waals surface area contributed by atoms with Crippen LogP contribution in [-0.4, -0.2) is 35.0 Å². The molecule has 3 fully saturated rings. The Morgan fingerprint density at radius 2 is 2.00 bits per heavy atom. The molecule has 158 valence electrons.